The molecule has 0 radical (unpaired) electrons. The number of nitrogens with one attached hydrogen (secondary N) is 7. The summed E-state index contributed by atoms with van der Waals surface area (Å²) in [5.74, 6) is 1.61. The number of fused-ring (bicyclic) bond motifs is 2. The van der Waals surface area contributed by atoms with Gasteiger partial charge in [-0.05, 0) is 140 Å². The number of piperazine rings is 4. The van der Waals surface area contributed by atoms with Crippen LogP contribution in [0.4, 0.5) is 0 Å². The molecule has 2 bridgehead atoms. The van der Waals surface area contributed by atoms with Gasteiger partial charge >= 0.3 is 5.97 Å². The molecule has 11 atom stereocenters. The van der Waals surface area contributed by atoms with Gasteiger partial charge in [0.2, 0.25) is 5.91 Å². The van der Waals surface area contributed by atoms with Crippen LogP contribution >= 0.6 is 0 Å². The highest BCUT2D eigenvalue weighted by molar-refractivity contribution is 5.81. The number of rotatable bonds is 10. The number of piperidine rings is 1. The summed E-state index contributed by atoms with van der Waals surface area (Å²) in [6.45, 7) is 55.5. The van der Waals surface area contributed by atoms with Gasteiger partial charge in [-0.2, -0.15) is 0 Å². The molecule has 0 aromatic rings. The quantitative estimate of drug-likeness (QED) is 0.151. The number of aliphatic carboxylic acids is 1. The van der Waals surface area contributed by atoms with Gasteiger partial charge < -0.3 is 42.3 Å². The number of amides is 1. The van der Waals surface area contributed by atoms with Crippen LogP contribution < -0.4 is 37.2 Å². The Balaban J connectivity index is 0.000000288. The summed E-state index contributed by atoms with van der Waals surface area (Å²) in [7, 11) is 1.68. The molecule has 1 aliphatic carbocycles. The number of likely N-dealkylation sites (tertiary alicyclic amines) is 1. The molecule has 15 nitrogen and oxygen atoms in total. The van der Waals surface area contributed by atoms with Crippen molar-refractivity contribution in [2.24, 2.45) is 17.8 Å². The first-order valence-corrected chi connectivity index (χ1v) is 28.4. The van der Waals surface area contributed by atoms with Crippen molar-refractivity contribution in [2.75, 3.05) is 85.6 Å². The molecule has 70 heavy (non-hydrogen) atoms. The van der Waals surface area contributed by atoms with Crippen molar-refractivity contribution in [3.05, 3.63) is 0 Å². The highest BCUT2D eigenvalue weighted by atomic mass is 16.4. The molecule has 15 heteroatoms. The van der Waals surface area contributed by atoms with Crippen LogP contribution in [-0.2, 0) is 9.59 Å². The summed E-state index contributed by atoms with van der Waals surface area (Å²) in [5.41, 5.74) is 0. The van der Waals surface area contributed by atoms with E-state index >= 15 is 0 Å². The molecule has 6 heterocycles. The van der Waals surface area contributed by atoms with E-state index in [9.17, 15) is 9.59 Å². The van der Waals surface area contributed by atoms with Crippen molar-refractivity contribution in [3.63, 3.8) is 0 Å². The minimum atomic E-state index is -0.673. The Labute approximate surface area is 431 Å². The summed E-state index contributed by atoms with van der Waals surface area (Å²) >= 11 is 0. The van der Waals surface area contributed by atoms with Crippen LogP contribution in [0.2, 0.25) is 0 Å². The van der Waals surface area contributed by atoms with Crippen molar-refractivity contribution >= 4 is 11.9 Å². The molecule has 414 valence electrons. The number of hydrogen-bond acceptors (Lipinski definition) is 13. The number of nitrogens with zero attached hydrogens (tertiary/aromatic N) is 5. The number of likely N-dealkylation sites (N-methyl/N-ethyl adjacent to an activating group) is 1. The van der Waals surface area contributed by atoms with Crippen LogP contribution in [0.25, 0.3) is 0 Å². The summed E-state index contributed by atoms with van der Waals surface area (Å²) in [6.07, 6.45) is 3.56. The standard InChI is InChI=1S/C10H22N2.C9H19N3O.C9H18N2.2C9H20N2.C9H17NO2/c1-8(2)10-7-12(9(3)4)6-5-11-10;1-7(2)12-5-4-11-8(6-12)9(13)10-3;1-6(2)11-9-4-8-3-7(9)5-10-8;1-7(2)11-6-8(3)10-5-9(11)4;1-7(2)11-5-8(3)10-9(4)6-11;1-6(2)10-5-7(3)4-8(10)9(11)12/h8-11H,5-7H2,1-4H3;7-8,11H,4-6H2,1-3H3,(H,10,13);6-11H,3-5H2,1-2H3;2*7-10H,5-6H2,1-4H3;6-8H,4-5H2,1-3H3,(H,11,12)/t10-;8-;7-,8-,9+;8-,9+;;7-,8+/m1110.0/s1. The molecular formula is C55H116N12O3. The predicted molar refractivity (Wildman–Crippen MR) is 297 cm³/mol. The zero-order valence-electron chi connectivity index (χ0n) is 49.0. The average Bonchev–Trinajstić information content (AvgIpc) is 4.04. The molecule has 2 unspecified atom stereocenters. The number of carbonyl (C=O) groups excluding carboxylic acids is 1. The Hall–Kier alpha value is -1.50. The molecular weight excluding hydrogens is 877 g/mol. The van der Waals surface area contributed by atoms with Crippen molar-refractivity contribution in [3.8, 4) is 0 Å². The van der Waals surface area contributed by atoms with Crippen molar-refractivity contribution < 1.29 is 14.7 Å². The number of carboxylic acids is 1. The highest BCUT2D eigenvalue weighted by Gasteiger charge is 2.39. The van der Waals surface area contributed by atoms with E-state index in [1.165, 1.54) is 52.1 Å². The minimum Gasteiger partial charge on any atom is -0.480 e. The number of hydrogen-bond donors (Lipinski definition) is 8. The second-order valence-electron chi connectivity index (χ2n) is 24.3. The topological polar surface area (TPSA) is 155 Å². The SMILES string of the molecule is CC(C)N1C[C@@H](C)C[C@@H]1C(=O)O.CC(C)N1C[C@H](C)NC[C@H]1C.CC(C)N[C@H]1C[C@H]2C[C@@H]1CN2.CC(C)[C@H]1CN(C(C)C)CCN1.CC1CN(C(C)C)CC(C)N1.CNC(=O)[C@H]1CN(C(C)C)CCN1. The Morgan fingerprint density at radius 3 is 1.56 bits per heavy atom. The van der Waals surface area contributed by atoms with Crippen LogP contribution in [0.5, 0.6) is 0 Å². The Morgan fingerprint density at radius 1 is 0.571 bits per heavy atom. The molecule has 7 aliphatic rings. The molecule has 7 rings (SSSR count). The van der Waals surface area contributed by atoms with Crippen molar-refractivity contribution in [1.29, 1.82) is 0 Å². The van der Waals surface area contributed by atoms with E-state index in [1.54, 1.807) is 7.05 Å². The van der Waals surface area contributed by atoms with E-state index in [-0.39, 0.29) is 18.0 Å². The van der Waals surface area contributed by atoms with E-state index in [1.807, 2.05) is 13.8 Å². The van der Waals surface area contributed by atoms with Gasteiger partial charge in [0, 0.05) is 158 Å². The van der Waals surface area contributed by atoms with Gasteiger partial charge in [-0.3, -0.25) is 34.1 Å². The van der Waals surface area contributed by atoms with Gasteiger partial charge in [-0.1, -0.05) is 34.6 Å². The second kappa shape index (κ2) is 32.7. The minimum absolute atomic E-state index is 0.0406. The first-order valence-electron chi connectivity index (χ1n) is 28.4. The Morgan fingerprint density at radius 2 is 1.13 bits per heavy atom. The highest BCUT2D eigenvalue weighted by Crippen LogP contribution is 2.31. The van der Waals surface area contributed by atoms with E-state index in [4.69, 9.17) is 5.11 Å². The maximum absolute atomic E-state index is 11.3. The Kier molecular flexibility index (Phi) is 30.2. The van der Waals surface area contributed by atoms with Crippen molar-refractivity contribution in [2.45, 2.75) is 241 Å². The van der Waals surface area contributed by atoms with Gasteiger partial charge in [-0.15, -0.1) is 0 Å². The normalized spacial score (nSPS) is 32.1. The molecule has 6 aliphatic heterocycles. The van der Waals surface area contributed by atoms with Crippen LogP contribution in [-0.4, -0.2) is 218 Å². The van der Waals surface area contributed by atoms with Gasteiger partial charge in [0.1, 0.15) is 6.04 Å². The van der Waals surface area contributed by atoms with E-state index in [0.29, 0.717) is 72.4 Å². The lowest BCUT2D eigenvalue weighted by molar-refractivity contribution is -0.142. The van der Waals surface area contributed by atoms with Crippen molar-refractivity contribution in [1.82, 2.24) is 61.7 Å². The molecule has 0 aromatic heterocycles. The molecule has 7 fully saturated rings. The zero-order chi connectivity index (χ0) is 53.0. The summed E-state index contributed by atoms with van der Waals surface area (Å²) in [6, 6.07) is 8.32. The fraction of sp³-hybridized carbons (Fsp3) is 0.964. The first kappa shape index (κ1) is 64.6. The van der Waals surface area contributed by atoms with Gasteiger partial charge in [-0.25, -0.2) is 0 Å². The zero-order valence-corrected chi connectivity index (χ0v) is 49.0. The fourth-order valence-electron chi connectivity index (χ4n) is 11.2. The average molecular weight is 994 g/mol. The largest absolute Gasteiger partial charge is 0.480 e. The lowest BCUT2D eigenvalue weighted by atomic mass is 10.0. The summed E-state index contributed by atoms with van der Waals surface area (Å²) < 4.78 is 0. The first-order chi connectivity index (χ1) is 32.7. The third-order valence-corrected chi connectivity index (χ3v) is 15.5. The molecule has 8 N–H and O–H groups in total. The molecule has 6 saturated heterocycles. The summed E-state index contributed by atoms with van der Waals surface area (Å²) in [4.78, 5) is 34.2. The van der Waals surface area contributed by atoms with Crippen LogP contribution in [0.15, 0.2) is 0 Å². The summed E-state index contributed by atoms with van der Waals surface area (Å²) in [5, 5.41) is 32.5. The predicted octanol–water partition coefficient (Wildman–Crippen LogP) is 4.82. The Bertz CT molecular complexity index is 1390. The monoisotopic (exact) mass is 993 g/mol. The van der Waals surface area contributed by atoms with Crippen LogP contribution in [0, 0.1) is 17.8 Å². The van der Waals surface area contributed by atoms with Gasteiger partial charge in [0.15, 0.2) is 0 Å². The maximum Gasteiger partial charge on any atom is 0.320 e. The second-order valence-corrected chi connectivity index (χ2v) is 24.3. The third-order valence-electron chi connectivity index (χ3n) is 15.5. The fourth-order valence-corrected chi connectivity index (χ4v) is 11.2. The van der Waals surface area contributed by atoms with E-state index < -0.39 is 5.97 Å². The molecule has 0 spiro atoms. The molecule has 1 saturated carbocycles. The molecule has 0 aromatic carbocycles. The maximum atomic E-state index is 11.3. The number of carboxylic acid groups (broad SMARTS) is 1. The smallest absolute Gasteiger partial charge is 0.320 e. The number of carbonyl (C=O) groups is 2. The lowest BCUT2D eigenvalue weighted by Crippen LogP contribution is -2.58. The van der Waals surface area contributed by atoms with E-state index in [2.05, 4.69) is 179 Å². The van der Waals surface area contributed by atoms with E-state index in [0.717, 1.165) is 69.6 Å². The lowest BCUT2D eigenvalue weighted by Gasteiger charge is -2.40. The van der Waals surface area contributed by atoms with Crippen LogP contribution in [0.1, 0.15) is 151 Å². The van der Waals surface area contributed by atoms with Crippen LogP contribution in [0.3, 0.4) is 0 Å². The van der Waals surface area contributed by atoms with Gasteiger partial charge in [0.25, 0.3) is 0 Å². The third kappa shape index (κ3) is 23.4. The molecule has 1 amide bonds. The van der Waals surface area contributed by atoms with Gasteiger partial charge in [0.05, 0.1) is 6.04 Å².